The first kappa shape index (κ1) is 26.5. The number of aromatic nitrogens is 4. The van der Waals surface area contributed by atoms with E-state index in [9.17, 15) is 0 Å². The molecule has 0 spiro atoms. The molecule has 0 saturated heterocycles. The third kappa shape index (κ3) is 4.02. The number of nitrogens with zero attached hydrogens (tertiary/aromatic N) is 4. The largest absolute Gasteiger partial charge is 0.456 e. The fraction of sp³-hybridized carbons (Fsp3) is 0.0732. The molecule has 3 aromatic heterocycles. The molecule has 1 aliphatic rings. The number of pyridine rings is 1. The Hall–Kier alpha value is -5.94. The van der Waals surface area contributed by atoms with Gasteiger partial charge in [0.2, 0.25) is 0 Å². The van der Waals surface area contributed by atoms with Crippen LogP contribution in [0.4, 0.5) is 0 Å². The Balaban J connectivity index is 1.25. The SMILES string of the molecule is CC1(C)c2ccccc2-c2c(-c3nc(-c4ccccc4)nc(-c4ccc5c(c4)oc4cccc(-c6ccncc6)c45)n3)cccc21. The second-order valence-electron chi connectivity index (χ2n) is 12.3. The molecule has 1 aliphatic carbocycles. The van der Waals surface area contributed by atoms with Gasteiger partial charge in [-0.25, -0.2) is 15.0 Å². The van der Waals surface area contributed by atoms with Crippen molar-refractivity contribution in [3.8, 4) is 56.4 Å². The van der Waals surface area contributed by atoms with Crippen LogP contribution in [-0.2, 0) is 5.41 Å². The Bertz CT molecular complexity index is 2450. The van der Waals surface area contributed by atoms with Crippen molar-refractivity contribution in [3.63, 3.8) is 0 Å². The zero-order valence-electron chi connectivity index (χ0n) is 25.4. The van der Waals surface area contributed by atoms with Crippen LogP contribution in [0.3, 0.4) is 0 Å². The van der Waals surface area contributed by atoms with Crippen molar-refractivity contribution in [2.45, 2.75) is 19.3 Å². The molecule has 0 atom stereocenters. The standard InChI is InChI=1S/C41H28N4O/c1-41(2)32-15-7-6-12-29(32)36-31(14-8-16-33(36)41)40-44-38(26-10-4-3-5-11-26)43-39(45-40)27-18-19-30-35(24-27)46-34-17-9-13-28(37(30)34)25-20-22-42-23-21-25/h3-24H,1-2H3. The van der Waals surface area contributed by atoms with E-state index in [1.165, 1.54) is 22.3 Å². The van der Waals surface area contributed by atoms with Crippen LogP contribution in [0.25, 0.3) is 78.4 Å². The van der Waals surface area contributed by atoms with E-state index >= 15 is 0 Å². The Labute approximate surface area is 266 Å². The van der Waals surface area contributed by atoms with Crippen molar-refractivity contribution in [3.05, 3.63) is 145 Å². The fourth-order valence-corrected chi connectivity index (χ4v) is 7.02. The zero-order chi connectivity index (χ0) is 30.8. The summed E-state index contributed by atoms with van der Waals surface area (Å²) in [6.45, 7) is 4.58. The van der Waals surface area contributed by atoms with Crippen molar-refractivity contribution in [1.29, 1.82) is 0 Å². The summed E-state index contributed by atoms with van der Waals surface area (Å²) < 4.78 is 6.44. The first-order chi connectivity index (χ1) is 22.6. The van der Waals surface area contributed by atoms with Crippen LogP contribution in [0.2, 0.25) is 0 Å². The van der Waals surface area contributed by atoms with Crippen LogP contribution in [0, 0.1) is 0 Å². The minimum Gasteiger partial charge on any atom is -0.456 e. The Morgan fingerprint density at radius 2 is 1.17 bits per heavy atom. The van der Waals surface area contributed by atoms with E-state index < -0.39 is 0 Å². The van der Waals surface area contributed by atoms with Crippen molar-refractivity contribution in [2.24, 2.45) is 0 Å². The molecule has 5 nitrogen and oxygen atoms in total. The molecular formula is C41H28N4O. The quantitative estimate of drug-likeness (QED) is 0.203. The van der Waals surface area contributed by atoms with E-state index in [0.29, 0.717) is 17.5 Å². The van der Waals surface area contributed by atoms with Crippen LogP contribution in [0.1, 0.15) is 25.0 Å². The molecule has 0 unspecified atom stereocenters. The fourth-order valence-electron chi connectivity index (χ4n) is 7.02. The predicted molar refractivity (Wildman–Crippen MR) is 184 cm³/mol. The van der Waals surface area contributed by atoms with E-state index in [1.54, 1.807) is 0 Å². The Morgan fingerprint density at radius 1 is 0.500 bits per heavy atom. The molecular weight excluding hydrogens is 564 g/mol. The lowest BCUT2D eigenvalue weighted by molar-refractivity contribution is 0.660. The molecule has 9 rings (SSSR count). The van der Waals surface area contributed by atoms with Crippen molar-refractivity contribution in [1.82, 2.24) is 19.9 Å². The molecule has 218 valence electrons. The van der Waals surface area contributed by atoms with Crippen LogP contribution < -0.4 is 0 Å². The lowest BCUT2D eigenvalue weighted by atomic mass is 9.82. The number of fused-ring (bicyclic) bond motifs is 6. The first-order valence-electron chi connectivity index (χ1n) is 15.5. The van der Waals surface area contributed by atoms with Gasteiger partial charge in [-0.3, -0.25) is 4.98 Å². The molecule has 8 aromatic rings. The van der Waals surface area contributed by atoms with Crippen molar-refractivity contribution in [2.75, 3.05) is 0 Å². The zero-order valence-corrected chi connectivity index (χ0v) is 25.4. The maximum absolute atomic E-state index is 6.44. The molecule has 0 aliphatic heterocycles. The van der Waals surface area contributed by atoms with Crippen molar-refractivity contribution >= 4 is 21.9 Å². The summed E-state index contributed by atoms with van der Waals surface area (Å²) >= 11 is 0. The molecule has 5 heteroatoms. The number of hydrogen-bond donors (Lipinski definition) is 0. The van der Waals surface area contributed by atoms with E-state index in [1.807, 2.05) is 73.1 Å². The summed E-state index contributed by atoms with van der Waals surface area (Å²) in [5.41, 5.74) is 11.5. The molecule has 3 heterocycles. The predicted octanol–water partition coefficient (Wildman–Crippen LogP) is 10.1. The van der Waals surface area contributed by atoms with Gasteiger partial charge in [0.25, 0.3) is 0 Å². The highest BCUT2D eigenvalue weighted by atomic mass is 16.3. The van der Waals surface area contributed by atoms with Gasteiger partial charge in [0.15, 0.2) is 17.5 Å². The smallest absolute Gasteiger partial charge is 0.164 e. The average molecular weight is 593 g/mol. The molecule has 0 fully saturated rings. The summed E-state index contributed by atoms with van der Waals surface area (Å²) in [4.78, 5) is 19.5. The van der Waals surface area contributed by atoms with Crippen LogP contribution in [0.5, 0.6) is 0 Å². The maximum atomic E-state index is 6.44. The average Bonchev–Trinajstić information content (AvgIpc) is 3.60. The summed E-state index contributed by atoms with van der Waals surface area (Å²) in [5, 5.41) is 2.13. The normalized spacial score (nSPS) is 13.2. The second kappa shape index (κ2) is 10.0. The minimum atomic E-state index is -0.124. The van der Waals surface area contributed by atoms with Gasteiger partial charge in [0.1, 0.15) is 11.2 Å². The highest BCUT2D eigenvalue weighted by molar-refractivity contribution is 6.13. The third-order valence-electron chi connectivity index (χ3n) is 9.26. The minimum absolute atomic E-state index is 0.124. The molecule has 0 radical (unpaired) electrons. The summed E-state index contributed by atoms with van der Waals surface area (Å²) in [7, 11) is 0. The van der Waals surface area contributed by atoms with Gasteiger partial charge in [-0.2, -0.15) is 0 Å². The lowest BCUT2D eigenvalue weighted by Crippen LogP contribution is -2.14. The first-order valence-corrected chi connectivity index (χ1v) is 15.5. The van der Waals surface area contributed by atoms with Gasteiger partial charge in [0.05, 0.1) is 0 Å². The van der Waals surface area contributed by atoms with Gasteiger partial charge in [-0.15, -0.1) is 0 Å². The Morgan fingerprint density at radius 3 is 2.02 bits per heavy atom. The van der Waals surface area contributed by atoms with Crippen LogP contribution >= 0.6 is 0 Å². The molecule has 0 N–H and O–H groups in total. The van der Waals surface area contributed by atoms with Gasteiger partial charge in [0, 0.05) is 45.3 Å². The van der Waals surface area contributed by atoms with Gasteiger partial charge >= 0.3 is 0 Å². The van der Waals surface area contributed by atoms with Crippen molar-refractivity contribution < 1.29 is 4.42 Å². The number of furan rings is 1. The molecule has 0 bridgehead atoms. The van der Waals surface area contributed by atoms with Gasteiger partial charge in [-0.05, 0) is 63.7 Å². The van der Waals surface area contributed by atoms with Gasteiger partial charge < -0.3 is 4.42 Å². The van der Waals surface area contributed by atoms with E-state index in [4.69, 9.17) is 19.4 Å². The monoisotopic (exact) mass is 592 g/mol. The summed E-state index contributed by atoms with van der Waals surface area (Å²) in [6, 6.07) is 41.7. The number of rotatable bonds is 4. The molecule has 46 heavy (non-hydrogen) atoms. The number of hydrogen-bond acceptors (Lipinski definition) is 5. The highest BCUT2D eigenvalue weighted by Gasteiger charge is 2.37. The summed E-state index contributed by atoms with van der Waals surface area (Å²) in [6.07, 6.45) is 3.64. The topological polar surface area (TPSA) is 64.7 Å². The Kier molecular flexibility index (Phi) is 5.78. The molecule has 5 aromatic carbocycles. The van der Waals surface area contributed by atoms with Crippen LogP contribution in [0.15, 0.2) is 138 Å². The second-order valence-corrected chi connectivity index (χ2v) is 12.3. The van der Waals surface area contributed by atoms with Crippen LogP contribution in [-0.4, -0.2) is 19.9 Å². The lowest BCUT2D eigenvalue weighted by Gasteiger charge is -2.21. The highest BCUT2D eigenvalue weighted by Crippen LogP contribution is 2.51. The summed E-state index contributed by atoms with van der Waals surface area (Å²) in [5.74, 6) is 1.88. The van der Waals surface area contributed by atoms with E-state index in [0.717, 1.165) is 49.8 Å². The third-order valence-corrected chi connectivity index (χ3v) is 9.26. The van der Waals surface area contributed by atoms with E-state index in [2.05, 4.69) is 79.5 Å². The molecule has 0 saturated carbocycles. The van der Waals surface area contributed by atoms with Gasteiger partial charge in [-0.1, -0.05) is 105 Å². The maximum Gasteiger partial charge on any atom is 0.164 e. The van der Waals surface area contributed by atoms with E-state index in [-0.39, 0.29) is 5.41 Å². The molecule has 0 amide bonds. The number of benzene rings is 5.